The monoisotopic (exact) mass is 281 g/mol. The van der Waals surface area contributed by atoms with Gasteiger partial charge in [0.15, 0.2) is 5.84 Å². The lowest BCUT2D eigenvalue weighted by Gasteiger charge is -2.08. The van der Waals surface area contributed by atoms with Crippen molar-refractivity contribution < 1.29 is 0 Å². The van der Waals surface area contributed by atoms with Crippen molar-refractivity contribution in [1.82, 2.24) is 5.43 Å². The summed E-state index contributed by atoms with van der Waals surface area (Å²) in [7, 11) is 0. The number of hydrogen-bond donors (Lipinski definition) is 2. The van der Waals surface area contributed by atoms with Gasteiger partial charge in [-0.3, -0.25) is 4.99 Å². The predicted molar refractivity (Wildman–Crippen MR) is 80.3 cm³/mol. The molecule has 0 aromatic carbocycles. The summed E-state index contributed by atoms with van der Waals surface area (Å²) in [6.07, 6.45) is 6.25. The zero-order valence-electron chi connectivity index (χ0n) is 10.4. The van der Waals surface area contributed by atoms with Gasteiger partial charge in [-0.05, 0) is 36.6 Å². The van der Waals surface area contributed by atoms with Gasteiger partial charge in [-0.15, -0.1) is 11.3 Å². The smallest absolute Gasteiger partial charge is 0.153 e. The molecule has 98 valence electrons. The van der Waals surface area contributed by atoms with E-state index >= 15 is 0 Å². The van der Waals surface area contributed by atoms with Crippen LogP contribution in [0.3, 0.4) is 0 Å². The molecule has 0 amide bonds. The number of nitrogens with zero attached hydrogens (tertiary/aromatic N) is 1. The minimum atomic E-state index is 0.476. The lowest BCUT2D eigenvalue weighted by molar-refractivity contribution is 0.701. The minimum Gasteiger partial charge on any atom is -0.308 e. The summed E-state index contributed by atoms with van der Waals surface area (Å²) < 4.78 is 0. The molecule has 1 fully saturated rings. The number of hydrogen-bond acceptors (Lipinski definition) is 4. The van der Waals surface area contributed by atoms with Crippen molar-refractivity contribution in [2.24, 2.45) is 10.8 Å². The van der Waals surface area contributed by atoms with Crippen LogP contribution in [0, 0.1) is 0 Å². The molecule has 0 unspecified atom stereocenters. The first-order valence-corrected chi connectivity index (χ1v) is 8.58. The van der Waals surface area contributed by atoms with E-state index in [4.69, 9.17) is 10.8 Å². The predicted octanol–water partition coefficient (Wildman–Crippen LogP) is 2.69. The fourth-order valence-electron chi connectivity index (χ4n) is 2.65. The first kappa shape index (κ1) is 12.5. The molecule has 1 aliphatic carbocycles. The Morgan fingerprint density at radius 3 is 2.94 bits per heavy atom. The molecule has 1 aromatic rings. The summed E-state index contributed by atoms with van der Waals surface area (Å²) in [6, 6.07) is 2.75. The van der Waals surface area contributed by atoms with Crippen LogP contribution in [0.2, 0.25) is 0 Å². The first-order chi connectivity index (χ1) is 8.86. The highest BCUT2D eigenvalue weighted by atomic mass is 32.2. The lowest BCUT2D eigenvalue weighted by atomic mass is 10.2. The van der Waals surface area contributed by atoms with Crippen LogP contribution in [0.15, 0.2) is 11.1 Å². The van der Waals surface area contributed by atoms with E-state index in [1.54, 1.807) is 0 Å². The molecule has 5 heteroatoms. The van der Waals surface area contributed by atoms with Crippen LogP contribution in [0.25, 0.3) is 0 Å². The molecule has 3 N–H and O–H groups in total. The molecule has 18 heavy (non-hydrogen) atoms. The number of aliphatic imine (C=N–C) groups is 1. The van der Waals surface area contributed by atoms with Crippen molar-refractivity contribution in [1.29, 1.82) is 0 Å². The van der Waals surface area contributed by atoms with Crippen molar-refractivity contribution in [3.05, 3.63) is 21.4 Å². The number of thiophene rings is 1. The molecular weight excluding hydrogens is 262 g/mol. The van der Waals surface area contributed by atoms with Crippen LogP contribution in [-0.2, 0) is 12.2 Å². The zero-order valence-corrected chi connectivity index (χ0v) is 12.1. The third-order valence-electron chi connectivity index (χ3n) is 3.63. The molecule has 3 rings (SSSR count). The Morgan fingerprint density at radius 2 is 2.22 bits per heavy atom. The van der Waals surface area contributed by atoms with Crippen molar-refractivity contribution in [3.63, 3.8) is 0 Å². The van der Waals surface area contributed by atoms with Gasteiger partial charge in [0.2, 0.25) is 0 Å². The van der Waals surface area contributed by atoms with E-state index in [9.17, 15) is 0 Å². The summed E-state index contributed by atoms with van der Waals surface area (Å²) >= 11 is 3.88. The Kier molecular flexibility index (Phi) is 3.91. The number of nitrogens with two attached hydrogens (primary N) is 1. The third-order valence-corrected chi connectivity index (χ3v) is 5.89. The van der Waals surface area contributed by atoms with Gasteiger partial charge in [-0.1, -0.05) is 12.8 Å². The molecule has 0 spiro atoms. The van der Waals surface area contributed by atoms with Crippen molar-refractivity contribution in [3.8, 4) is 0 Å². The number of nitrogens with one attached hydrogen (secondary N) is 1. The molecule has 0 radical (unpaired) electrons. The largest absolute Gasteiger partial charge is 0.308 e. The van der Waals surface area contributed by atoms with Gasteiger partial charge < -0.3 is 5.43 Å². The van der Waals surface area contributed by atoms with E-state index in [2.05, 4.69) is 11.5 Å². The summed E-state index contributed by atoms with van der Waals surface area (Å²) in [5.41, 5.74) is 4.29. The van der Waals surface area contributed by atoms with Crippen LogP contribution >= 0.6 is 23.1 Å². The average Bonchev–Trinajstić information content (AvgIpc) is 3.04. The fraction of sp³-hybridized carbons (Fsp3) is 0.615. The van der Waals surface area contributed by atoms with Crippen LogP contribution in [0.4, 0.5) is 0 Å². The maximum absolute atomic E-state index is 5.66. The number of aryl methyl sites for hydroxylation is 1. The van der Waals surface area contributed by atoms with Gasteiger partial charge in [0.05, 0.1) is 10.9 Å². The summed E-state index contributed by atoms with van der Waals surface area (Å²) in [4.78, 5) is 7.54. The third kappa shape index (κ3) is 2.58. The van der Waals surface area contributed by atoms with E-state index in [0.717, 1.165) is 11.6 Å². The molecule has 1 aromatic heterocycles. The standard InChI is InChI=1S/C13H19N3S2/c14-16-13(15-10-3-1-2-4-10)12-7-9-8-17-6-5-11(9)18-12/h7,10H,1-6,8,14H2,(H,15,16). The van der Waals surface area contributed by atoms with E-state index < -0.39 is 0 Å². The van der Waals surface area contributed by atoms with Crippen LogP contribution in [0.5, 0.6) is 0 Å². The quantitative estimate of drug-likeness (QED) is 0.379. The fourth-order valence-corrected chi connectivity index (χ4v) is 4.98. The molecular formula is C13H19N3S2. The molecule has 0 atom stereocenters. The Hall–Kier alpha value is -0.520. The van der Waals surface area contributed by atoms with E-state index in [-0.39, 0.29) is 0 Å². The van der Waals surface area contributed by atoms with Gasteiger partial charge in [-0.2, -0.15) is 11.8 Å². The molecule has 1 saturated carbocycles. The first-order valence-electron chi connectivity index (χ1n) is 6.61. The highest BCUT2D eigenvalue weighted by Gasteiger charge is 2.19. The number of rotatable bonds is 2. The molecule has 3 nitrogen and oxygen atoms in total. The van der Waals surface area contributed by atoms with E-state index in [1.807, 2.05) is 23.1 Å². The second-order valence-corrected chi connectivity index (χ2v) is 7.16. The van der Waals surface area contributed by atoms with Gasteiger partial charge in [0.1, 0.15) is 0 Å². The van der Waals surface area contributed by atoms with Crippen LogP contribution < -0.4 is 11.3 Å². The topological polar surface area (TPSA) is 50.4 Å². The lowest BCUT2D eigenvalue weighted by Crippen LogP contribution is -2.31. The van der Waals surface area contributed by atoms with Gasteiger partial charge >= 0.3 is 0 Å². The van der Waals surface area contributed by atoms with E-state index in [1.165, 1.54) is 53.2 Å². The molecule has 0 bridgehead atoms. The number of thioether (sulfide) groups is 1. The molecule has 1 aliphatic heterocycles. The van der Waals surface area contributed by atoms with Gasteiger partial charge in [0, 0.05) is 10.6 Å². The Bertz CT molecular complexity index is 424. The van der Waals surface area contributed by atoms with E-state index in [0.29, 0.717) is 6.04 Å². The number of amidine groups is 1. The van der Waals surface area contributed by atoms with Gasteiger partial charge in [-0.25, -0.2) is 5.84 Å². The Labute approximate surface area is 116 Å². The van der Waals surface area contributed by atoms with Crippen molar-refractivity contribution in [2.75, 3.05) is 5.75 Å². The Morgan fingerprint density at radius 1 is 1.39 bits per heavy atom. The molecule has 2 aliphatic rings. The SMILES string of the molecule is NNC(=NC1CCCC1)c1cc2c(s1)CCSC2. The Balaban J connectivity index is 1.84. The maximum atomic E-state index is 5.66. The average molecular weight is 281 g/mol. The molecule has 0 saturated heterocycles. The second-order valence-electron chi connectivity index (χ2n) is 4.92. The summed E-state index contributed by atoms with van der Waals surface area (Å²) in [5.74, 6) is 8.95. The maximum Gasteiger partial charge on any atom is 0.153 e. The van der Waals surface area contributed by atoms with Crippen LogP contribution in [0.1, 0.15) is 41.0 Å². The van der Waals surface area contributed by atoms with Crippen molar-refractivity contribution >= 4 is 28.9 Å². The van der Waals surface area contributed by atoms with Crippen LogP contribution in [-0.4, -0.2) is 17.6 Å². The van der Waals surface area contributed by atoms with Gasteiger partial charge in [0.25, 0.3) is 0 Å². The highest BCUT2D eigenvalue weighted by molar-refractivity contribution is 7.98. The minimum absolute atomic E-state index is 0.476. The second kappa shape index (κ2) is 5.63. The number of fused-ring (bicyclic) bond motifs is 1. The summed E-state index contributed by atoms with van der Waals surface area (Å²) in [6.45, 7) is 0. The molecule has 2 heterocycles. The van der Waals surface area contributed by atoms with Crippen molar-refractivity contribution in [2.45, 2.75) is 43.9 Å². The normalized spacial score (nSPS) is 21.1. The zero-order chi connectivity index (χ0) is 12.4. The highest BCUT2D eigenvalue weighted by Crippen LogP contribution is 2.32. The number of hydrazine groups is 1. The summed E-state index contributed by atoms with van der Waals surface area (Å²) in [5, 5.41) is 0.